The van der Waals surface area contributed by atoms with Gasteiger partial charge in [-0.1, -0.05) is 6.07 Å². The lowest BCUT2D eigenvalue weighted by Gasteiger charge is -2.08. The first-order chi connectivity index (χ1) is 11.2. The normalized spacial score (nSPS) is 10.1. The molecular formula is C17H18N2O4. The molecule has 6 nitrogen and oxygen atoms in total. The molecule has 0 saturated heterocycles. The second kappa shape index (κ2) is 8.65. The lowest BCUT2D eigenvalue weighted by atomic mass is 10.2. The molecule has 0 fully saturated rings. The van der Waals surface area contributed by atoms with Crippen LogP contribution in [0.4, 0.5) is 5.69 Å². The average molecular weight is 314 g/mol. The molecule has 120 valence electrons. The summed E-state index contributed by atoms with van der Waals surface area (Å²) in [7, 11) is 0. The Morgan fingerprint density at radius 3 is 2.61 bits per heavy atom. The summed E-state index contributed by atoms with van der Waals surface area (Å²) in [6, 6.07) is 9.81. The van der Waals surface area contributed by atoms with Gasteiger partial charge in [0.25, 0.3) is 5.91 Å². The Morgan fingerprint density at radius 2 is 1.87 bits per heavy atom. The minimum absolute atomic E-state index is 0.195. The van der Waals surface area contributed by atoms with Crippen LogP contribution < -0.4 is 5.32 Å². The topological polar surface area (TPSA) is 77.5 Å². The standard InChI is InChI=1S/C17H18N2O4/c1-2-22-10-11-23-17(21)14-4-3-5-15(12-14)19-16(20)13-6-8-18-9-7-13/h3-9,12H,2,10-11H2,1H3,(H,19,20). The Labute approximate surface area is 134 Å². The predicted octanol–water partition coefficient (Wildman–Crippen LogP) is 2.53. The summed E-state index contributed by atoms with van der Waals surface area (Å²) in [6.07, 6.45) is 3.09. The summed E-state index contributed by atoms with van der Waals surface area (Å²) >= 11 is 0. The molecule has 0 aliphatic carbocycles. The number of rotatable bonds is 7. The van der Waals surface area contributed by atoms with E-state index in [1.165, 1.54) is 0 Å². The summed E-state index contributed by atoms with van der Waals surface area (Å²) < 4.78 is 10.2. The van der Waals surface area contributed by atoms with E-state index in [0.29, 0.717) is 30.0 Å². The number of anilines is 1. The SMILES string of the molecule is CCOCCOC(=O)c1cccc(NC(=O)c2ccncc2)c1. The van der Waals surface area contributed by atoms with Crippen LogP contribution in [0, 0.1) is 0 Å². The molecule has 2 aromatic rings. The van der Waals surface area contributed by atoms with Crippen LogP contribution in [-0.4, -0.2) is 36.7 Å². The third-order valence-electron chi connectivity index (χ3n) is 2.96. The molecule has 1 N–H and O–H groups in total. The Morgan fingerprint density at radius 1 is 1.09 bits per heavy atom. The van der Waals surface area contributed by atoms with Crippen LogP contribution in [0.5, 0.6) is 0 Å². The number of benzene rings is 1. The number of nitrogens with one attached hydrogen (secondary N) is 1. The molecule has 1 aromatic heterocycles. The van der Waals surface area contributed by atoms with Gasteiger partial charge in [0.05, 0.1) is 12.2 Å². The fourth-order valence-electron chi connectivity index (χ4n) is 1.85. The zero-order valence-corrected chi connectivity index (χ0v) is 12.8. The van der Waals surface area contributed by atoms with Crippen LogP contribution in [0.1, 0.15) is 27.6 Å². The van der Waals surface area contributed by atoms with Crippen molar-refractivity contribution in [2.24, 2.45) is 0 Å². The van der Waals surface area contributed by atoms with E-state index in [-0.39, 0.29) is 12.5 Å². The van der Waals surface area contributed by atoms with Crippen LogP contribution in [-0.2, 0) is 9.47 Å². The maximum absolute atomic E-state index is 12.1. The lowest BCUT2D eigenvalue weighted by molar-refractivity contribution is 0.0335. The van der Waals surface area contributed by atoms with E-state index in [2.05, 4.69) is 10.3 Å². The second-order valence-electron chi connectivity index (χ2n) is 4.60. The number of hydrogen-bond acceptors (Lipinski definition) is 5. The Bertz CT molecular complexity index is 659. The smallest absolute Gasteiger partial charge is 0.338 e. The Balaban J connectivity index is 1.96. The summed E-state index contributed by atoms with van der Waals surface area (Å²) in [5, 5.41) is 2.73. The molecule has 0 saturated carbocycles. The van der Waals surface area contributed by atoms with Crippen molar-refractivity contribution in [3.63, 3.8) is 0 Å². The molecule has 0 radical (unpaired) electrons. The highest BCUT2D eigenvalue weighted by Crippen LogP contribution is 2.13. The number of ether oxygens (including phenoxy) is 2. The fourth-order valence-corrected chi connectivity index (χ4v) is 1.85. The van der Waals surface area contributed by atoms with Gasteiger partial charge in [0.1, 0.15) is 6.61 Å². The molecule has 0 unspecified atom stereocenters. The maximum Gasteiger partial charge on any atom is 0.338 e. The molecule has 1 amide bonds. The molecule has 0 spiro atoms. The van der Waals surface area contributed by atoms with Crippen molar-refractivity contribution in [2.75, 3.05) is 25.1 Å². The van der Waals surface area contributed by atoms with Gasteiger partial charge < -0.3 is 14.8 Å². The number of amides is 1. The third-order valence-corrected chi connectivity index (χ3v) is 2.96. The molecule has 0 aliphatic heterocycles. The zero-order chi connectivity index (χ0) is 16.5. The van der Waals surface area contributed by atoms with E-state index >= 15 is 0 Å². The third kappa shape index (κ3) is 5.19. The molecule has 1 aromatic carbocycles. The maximum atomic E-state index is 12.1. The van der Waals surface area contributed by atoms with Gasteiger partial charge in [-0.15, -0.1) is 0 Å². The first-order valence-electron chi connectivity index (χ1n) is 7.27. The predicted molar refractivity (Wildman–Crippen MR) is 85.4 cm³/mol. The molecular weight excluding hydrogens is 296 g/mol. The van der Waals surface area contributed by atoms with Crippen molar-refractivity contribution in [3.8, 4) is 0 Å². The highest BCUT2D eigenvalue weighted by molar-refractivity contribution is 6.04. The lowest BCUT2D eigenvalue weighted by Crippen LogP contribution is -2.13. The minimum atomic E-state index is -0.454. The van der Waals surface area contributed by atoms with Crippen LogP contribution in [0.2, 0.25) is 0 Å². The number of aromatic nitrogens is 1. The monoisotopic (exact) mass is 314 g/mol. The van der Waals surface area contributed by atoms with Gasteiger partial charge >= 0.3 is 5.97 Å². The quantitative estimate of drug-likeness (QED) is 0.627. The van der Waals surface area contributed by atoms with Gasteiger partial charge in [-0.25, -0.2) is 4.79 Å². The van der Waals surface area contributed by atoms with E-state index in [9.17, 15) is 9.59 Å². The summed E-state index contributed by atoms with van der Waals surface area (Å²) in [6.45, 7) is 3.01. The van der Waals surface area contributed by atoms with Gasteiger partial charge in [-0.2, -0.15) is 0 Å². The van der Waals surface area contributed by atoms with Crippen molar-refractivity contribution >= 4 is 17.6 Å². The first-order valence-corrected chi connectivity index (χ1v) is 7.27. The van der Waals surface area contributed by atoms with Gasteiger partial charge in [0.2, 0.25) is 0 Å². The Kier molecular flexibility index (Phi) is 6.26. The van der Waals surface area contributed by atoms with Gasteiger partial charge in [0.15, 0.2) is 0 Å². The molecule has 6 heteroatoms. The second-order valence-corrected chi connectivity index (χ2v) is 4.60. The molecule has 1 heterocycles. The van der Waals surface area contributed by atoms with Gasteiger partial charge in [-0.3, -0.25) is 9.78 Å². The van der Waals surface area contributed by atoms with Crippen molar-refractivity contribution in [2.45, 2.75) is 6.92 Å². The molecule has 0 bridgehead atoms. The van der Waals surface area contributed by atoms with Crippen molar-refractivity contribution < 1.29 is 19.1 Å². The number of nitrogens with zero attached hydrogens (tertiary/aromatic N) is 1. The summed E-state index contributed by atoms with van der Waals surface area (Å²) in [5.41, 5.74) is 1.38. The highest BCUT2D eigenvalue weighted by Gasteiger charge is 2.10. The van der Waals surface area contributed by atoms with E-state index < -0.39 is 5.97 Å². The van der Waals surface area contributed by atoms with E-state index in [1.807, 2.05) is 6.92 Å². The van der Waals surface area contributed by atoms with Crippen LogP contribution in [0.25, 0.3) is 0 Å². The molecule has 23 heavy (non-hydrogen) atoms. The van der Waals surface area contributed by atoms with Crippen molar-refractivity contribution in [3.05, 3.63) is 59.9 Å². The molecule has 2 rings (SSSR count). The zero-order valence-electron chi connectivity index (χ0n) is 12.8. The molecule has 0 aliphatic rings. The van der Waals surface area contributed by atoms with Gasteiger partial charge in [0, 0.05) is 30.3 Å². The van der Waals surface area contributed by atoms with E-state index in [1.54, 1.807) is 48.8 Å². The van der Waals surface area contributed by atoms with Crippen molar-refractivity contribution in [1.82, 2.24) is 4.98 Å². The molecule has 0 atom stereocenters. The number of hydrogen-bond donors (Lipinski definition) is 1. The highest BCUT2D eigenvalue weighted by atomic mass is 16.6. The van der Waals surface area contributed by atoms with E-state index in [0.717, 1.165) is 0 Å². The summed E-state index contributed by atoms with van der Waals surface area (Å²) in [4.78, 5) is 27.8. The van der Waals surface area contributed by atoms with Gasteiger partial charge in [-0.05, 0) is 37.3 Å². The van der Waals surface area contributed by atoms with Crippen molar-refractivity contribution in [1.29, 1.82) is 0 Å². The van der Waals surface area contributed by atoms with E-state index in [4.69, 9.17) is 9.47 Å². The van der Waals surface area contributed by atoms with Crippen LogP contribution in [0.15, 0.2) is 48.8 Å². The van der Waals surface area contributed by atoms with Crippen LogP contribution >= 0.6 is 0 Å². The average Bonchev–Trinajstić information content (AvgIpc) is 2.59. The fraction of sp³-hybridized carbons (Fsp3) is 0.235. The number of pyridine rings is 1. The Hall–Kier alpha value is -2.73. The summed E-state index contributed by atoms with van der Waals surface area (Å²) in [5.74, 6) is -0.723. The first kappa shape index (κ1) is 16.6. The number of esters is 1. The van der Waals surface area contributed by atoms with Crippen LogP contribution in [0.3, 0.4) is 0 Å². The number of carbonyl (C=O) groups excluding carboxylic acids is 2. The number of carbonyl (C=O) groups is 2. The minimum Gasteiger partial charge on any atom is -0.460 e. The largest absolute Gasteiger partial charge is 0.460 e.